The van der Waals surface area contributed by atoms with E-state index in [0.717, 1.165) is 0 Å². The van der Waals surface area contributed by atoms with E-state index in [9.17, 15) is 9.59 Å². The van der Waals surface area contributed by atoms with Crippen LogP contribution in [0, 0.1) is 5.92 Å². The Morgan fingerprint density at radius 3 is 2.19 bits per heavy atom. The molecule has 0 fully saturated rings. The highest BCUT2D eigenvalue weighted by atomic mass is 16.5. The normalized spacial score (nSPS) is 14.0. The molecule has 0 heterocycles. The van der Waals surface area contributed by atoms with E-state index in [1.54, 1.807) is 20.8 Å². The standard InChI is InChI=1S/C11H21NO4/c1-5-15-10(13)7-12-9(4)8(3)11(14)16-6-2/h8-9,12H,5-7H2,1-4H3. The first kappa shape index (κ1) is 14.9. The lowest BCUT2D eigenvalue weighted by Gasteiger charge is -2.19. The molecular weight excluding hydrogens is 210 g/mol. The quantitative estimate of drug-likeness (QED) is 0.654. The molecule has 0 aromatic heterocycles. The number of carbonyl (C=O) groups is 2. The molecule has 0 aromatic carbocycles. The SMILES string of the molecule is CCOC(=O)CNC(C)C(C)C(=O)OCC. The monoisotopic (exact) mass is 231 g/mol. The Balaban J connectivity index is 3.91. The Labute approximate surface area is 96.5 Å². The van der Waals surface area contributed by atoms with E-state index < -0.39 is 0 Å². The van der Waals surface area contributed by atoms with Crippen LogP contribution >= 0.6 is 0 Å². The van der Waals surface area contributed by atoms with Crippen molar-refractivity contribution in [3.8, 4) is 0 Å². The van der Waals surface area contributed by atoms with Crippen molar-refractivity contribution in [1.29, 1.82) is 0 Å². The van der Waals surface area contributed by atoms with Crippen LogP contribution in [0.4, 0.5) is 0 Å². The van der Waals surface area contributed by atoms with E-state index in [1.165, 1.54) is 0 Å². The number of rotatable bonds is 7. The molecular formula is C11H21NO4. The van der Waals surface area contributed by atoms with Crippen molar-refractivity contribution >= 4 is 11.9 Å². The van der Waals surface area contributed by atoms with Gasteiger partial charge in [0.05, 0.1) is 25.7 Å². The van der Waals surface area contributed by atoms with Crippen LogP contribution in [-0.2, 0) is 19.1 Å². The topological polar surface area (TPSA) is 64.6 Å². The molecule has 0 amide bonds. The summed E-state index contributed by atoms with van der Waals surface area (Å²) in [5.74, 6) is -0.855. The predicted molar refractivity (Wildman–Crippen MR) is 59.9 cm³/mol. The summed E-state index contributed by atoms with van der Waals surface area (Å²) in [7, 11) is 0. The zero-order valence-electron chi connectivity index (χ0n) is 10.4. The third-order valence-electron chi connectivity index (χ3n) is 2.28. The van der Waals surface area contributed by atoms with E-state index in [1.807, 2.05) is 6.92 Å². The first-order valence-electron chi connectivity index (χ1n) is 5.58. The molecule has 0 aliphatic heterocycles. The van der Waals surface area contributed by atoms with Gasteiger partial charge in [0, 0.05) is 6.04 Å². The van der Waals surface area contributed by atoms with Crippen LogP contribution in [0.3, 0.4) is 0 Å². The Morgan fingerprint density at radius 1 is 1.12 bits per heavy atom. The molecule has 0 rings (SSSR count). The van der Waals surface area contributed by atoms with Crippen molar-refractivity contribution in [3.05, 3.63) is 0 Å². The lowest BCUT2D eigenvalue weighted by Crippen LogP contribution is -2.40. The molecule has 0 saturated carbocycles. The van der Waals surface area contributed by atoms with Gasteiger partial charge >= 0.3 is 11.9 Å². The van der Waals surface area contributed by atoms with E-state index in [4.69, 9.17) is 9.47 Å². The minimum absolute atomic E-state index is 0.110. The second-order valence-corrected chi connectivity index (χ2v) is 3.52. The maximum atomic E-state index is 11.4. The first-order valence-corrected chi connectivity index (χ1v) is 5.58. The molecule has 0 saturated heterocycles. The van der Waals surface area contributed by atoms with Crippen LogP contribution in [-0.4, -0.2) is 37.7 Å². The number of carbonyl (C=O) groups excluding carboxylic acids is 2. The Bertz CT molecular complexity index is 230. The van der Waals surface area contributed by atoms with Gasteiger partial charge < -0.3 is 14.8 Å². The molecule has 5 nitrogen and oxygen atoms in total. The maximum absolute atomic E-state index is 11.4. The highest BCUT2D eigenvalue weighted by Gasteiger charge is 2.21. The maximum Gasteiger partial charge on any atom is 0.319 e. The Hall–Kier alpha value is -1.10. The van der Waals surface area contributed by atoms with Crippen molar-refractivity contribution < 1.29 is 19.1 Å². The Morgan fingerprint density at radius 2 is 1.69 bits per heavy atom. The molecule has 1 N–H and O–H groups in total. The molecule has 5 heteroatoms. The van der Waals surface area contributed by atoms with Gasteiger partial charge in [-0.05, 0) is 20.8 Å². The second kappa shape index (κ2) is 8.10. The van der Waals surface area contributed by atoms with E-state index in [0.29, 0.717) is 13.2 Å². The summed E-state index contributed by atoms with van der Waals surface area (Å²) in [5.41, 5.74) is 0. The number of hydrogen-bond donors (Lipinski definition) is 1. The molecule has 0 aromatic rings. The average molecular weight is 231 g/mol. The van der Waals surface area contributed by atoms with Crippen LogP contribution in [0.25, 0.3) is 0 Å². The fourth-order valence-electron chi connectivity index (χ4n) is 1.11. The van der Waals surface area contributed by atoms with E-state index in [-0.39, 0.29) is 30.4 Å². The van der Waals surface area contributed by atoms with Crippen LogP contribution in [0.1, 0.15) is 27.7 Å². The number of nitrogens with one attached hydrogen (secondary N) is 1. The fourth-order valence-corrected chi connectivity index (χ4v) is 1.11. The Kier molecular flexibility index (Phi) is 7.54. The molecule has 2 unspecified atom stereocenters. The van der Waals surface area contributed by atoms with Crippen molar-refractivity contribution in [2.45, 2.75) is 33.7 Å². The molecule has 94 valence electrons. The zero-order valence-corrected chi connectivity index (χ0v) is 10.4. The molecule has 0 bridgehead atoms. The lowest BCUT2D eigenvalue weighted by atomic mass is 10.0. The smallest absolute Gasteiger partial charge is 0.319 e. The lowest BCUT2D eigenvalue weighted by molar-refractivity contribution is -0.149. The van der Waals surface area contributed by atoms with Gasteiger partial charge in [0.1, 0.15) is 0 Å². The number of ether oxygens (including phenoxy) is 2. The highest BCUT2D eigenvalue weighted by molar-refractivity contribution is 5.73. The van der Waals surface area contributed by atoms with Gasteiger partial charge in [-0.2, -0.15) is 0 Å². The van der Waals surface area contributed by atoms with Crippen LogP contribution < -0.4 is 5.32 Å². The van der Waals surface area contributed by atoms with Crippen molar-refractivity contribution in [2.24, 2.45) is 5.92 Å². The van der Waals surface area contributed by atoms with Crippen molar-refractivity contribution in [3.63, 3.8) is 0 Å². The third kappa shape index (κ3) is 5.70. The van der Waals surface area contributed by atoms with Gasteiger partial charge in [0.2, 0.25) is 0 Å². The first-order chi connectivity index (χ1) is 7.52. The number of hydrogen-bond acceptors (Lipinski definition) is 5. The van der Waals surface area contributed by atoms with E-state index >= 15 is 0 Å². The summed E-state index contributed by atoms with van der Waals surface area (Å²) >= 11 is 0. The second-order valence-electron chi connectivity index (χ2n) is 3.52. The van der Waals surface area contributed by atoms with Gasteiger partial charge in [-0.3, -0.25) is 9.59 Å². The predicted octanol–water partition coefficient (Wildman–Crippen LogP) is 0.727. The zero-order chi connectivity index (χ0) is 12.6. The van der Waals surface area contributed by atoms with Gasteiger partial charge in [0.15, 0.2) is 0 Å². The summed E-state index contributed by atoms with van der Waals surface area (Å²) in [4.78, 5) is 22.4. The summed E-state index contributed by atoms with van der Waals surface area (Å²) in [6.07, 6.45) is 0. The highest BCUT2D eigenvalue weighted by Crippen LogP contribution is 2.04. The minimum Gasteiger partial charge on any atom is -0.466 e. The average Bonchev–Trinajstić information content (AvgIpc) is 2.25. The molecule has 0 aliphatic carbocycles. The van der Waals surface area contributed by atoms with Crippen LogP contribution in [0.15, 0.2) is 0 Å². The minimum atomic E-state index is -0.314. The van der Waals surface area contributed by atoms with Gasteiger partial charge in [-0.25, -0.2) is 0 Å². The molecule has 16 heavy (non-hydrogen) atoms. The molecule has 2 atom stereocenters. The summed E-state index contributed by atoms with van der Waals surface area (Å²) in [5, 5.41) is 2.93. The summed E-state index contributed by atoms with van der Waals surface area (Å²) in [6, 6.07) is -0.122. The molecule has 0 spiro atoms. The third-order valence-corrected chi connectivity index (χ3v) is 2.28. The van der Waals surface area contributed by atoms with Gasteiger partial charge in [-0.15, -0.1) is 0 Å². The van der Waals surface area contributed by atoms with Crippen molar-refractivity contribution in [1.82, 2.24) is 5.32 Å². The van der Waals surface area contributed by atoms with Gasteiger partial charge in [0.25, 0.3) is 0 Å². The fraction of sp³-hybridized carbons (Fsp3) is 0.818. The van der Waals surface area contributed by atoms with Crippen LogP contribution in [0.5, 0.6) is 0 Å². The molecule has 0 radical (unpaired) electrons. The van der Waals surface area contributed by atoms with Gasteiger partial charge in [-0.1, -0.05) is 6.92 Å². The summed E-state index contributed by atoms with van der Waals surface area (Å²) < 4.78 is 9.65. The largest absolute Gasteiger partial charge is 0.466 e. The van der Waals surface area contributed by atoms with Crippen LogP contribution in [0.2, 0.25) is 0 Å². The van der Waals surface area contributed by atoms with E-state index in [2.05, 4.69) is 5.32 Å². The summed E-state index contributed by atoms with van der Waals surface area (Å²) in [6.45, 7) is 7.96. The molecule has 0 aliphatic rings. The van der Waals surface area contributed by atoms with Crippen molar-refractivity contribution in [2.75, 3.05) is 19.8 Å². The number of esters is 2.